The number of carbonyl (C=O) groups is 3. The van der Waals surface area contributed by atoms with E-state index in [0.717, 1.165) is 32.2 Å². The molecule has 6 heteroatoms. The first-order chi connectivity index (χ1) is 13.3. The zero-order valence-corrected chi connectivity index (χ0v) is 17.5. The van der Waals surface area contributed by atoms with E-state index in [1.165, 1.54) is 0 Å². The van der Waals surface area contributed by atoms with Gasteiger partial charge >= 0.3 is 0 Å². The van der Waals surface area contributed by atoms with Gasteiger partial charge in [0.15, 0.2) is 0 Å². The van der Waals surface area contributed by atoms with Gasteiger partial charge in [-0.1, -0.05) is 13.8 Å². The van der Waals surface area contributed by atoms with Crippen LogP contribution in [-0.2, 0) is 9.59 Å². The van der Waals surface area contributed by atoms with E-state index < -0.39 is 0 Å². The summed E-state index contributed by atoms with van der Waals surface area (Å²) < 4.78 is 0. The summed E-state index contributed by atoms with van der Waals surface area (Å²) >= 11 is 0. The van der Waals surface area contributed by atoms with Crippen molar-refractivity contribution in [2.24, 2.45) is 5.92 Å². The summed E-state index contributed by atoms with van der Waals surface area (Å²) in [5.74, 6) is -0.256. The van der Waals surface area contributed by atoms with Crippen LogP contribution in [0.2, 0.25) is 0 Å². The second-order valence-electron chi connectivity index (χ2n) is 8.19. The number of benzene rings is 1. The van der Waals surface area contributed by atoms with Crippen LogP contribution in [-0.4, -0.2) is 41.2 Å². The molecule has 6 nitrogen and oxygen atoms in total. The van der Waals surface area contributed by atoms with E-state index in [2.05, 4.69) is 10.6 Å². The van der Waals surface area contributed by atoms with Gasteiger partial charge in [0, 0.05) is 36.3 Å². The van der Waals surface area contributed by atoms with Crippen molar-refractivity contribution in [2.75, 3.05) is 18.4 Å². The Kier molecular flexibility index (Phi) is 7.61. The summed E-state index contributed by atoms with van der Waals surface area (Å²) in [4.78, 5) is 38.8. The maximum atomic E-state index is 12.6. The molecule has 28 heavy (non-hydrogen) atoms. The number of carbonyl (C=O) groups excluding carboxylic acids is 3. The smallest absolute Gasteiger partial charge is 0.251 e. The number of amides is 3. The van der Waals surface area contributed by atoms with Gasteiger partial charge in [-0.05, 0) is 63.8 Å². The quantitative estimate of drug-likeness (QED) is 0.750. The van der Waals surface area contributed by atoms with Crippen molar-refractivity contribution < 1.29 is 14.4 Å². The van der Waals surface area contributed by atoms with E-state index in [1.807, 2.05) is 27.7 Å². The van der Waals surface area contributed by atoms with Crippen molar-refractivity contribution in [2.45, 2.75) is 65.3 Å². The van der Waals surface area contributed by atoms with Crippen LogP contribution in [0.25, 0.3) is 0 Å². The van der Waals surface area contributed by atoms with Gasteiger partial charge in [-0.15, -0.1) is 0 Å². The number of nitrogens with zero attached hydrogens (tertiary/aromatic N) is 1. The summed E-state index contributed by atoms with van der Waals surface area (Å²) in [5, 5.41) is 5.92. The van der Waals surface area contributed by atoms with Crippen molar-refractivity contribution in [3.63, 3.8) is 0 Å². The van der Waals surface area contributed by atoms with E-state index in [0.29, 0.717) is 24.2 Å². The molecule has 1 aliphatic heterocycles. The molecule has 0 bridgehead atoms. The summed E-state index contributed by atoms with van der Waals surface area (Å²) in [7, 11) is 0. The molecule has 0 spiro atoms. The number of likely N-dealkylation sites (tertiary alicyclic amines) is 1. The molecule has 2 rings (SSSR count). The molecule has 3 amide bonds. The molecule has 0 saturated carbocycles. The van der Waals surface area contributed by atoms with Gasteiger partial charge < -0.3 is 15.5 Å². The Bertz CT molecular complexity index is 697. The van der Waals surface area contributed by atoms with Crippen molar-refractivity contribution in [1.82, 2.24) is 10.2 Å². The first-order valence-corrected chi connectivity index (χ1v) is 10.3. The molecule has 0 aromatic heterocycles. The molecule has 1 heterocycles. The average molecular weight is 388 g/mol. The molecule has 1 unspecified atom stereocenters. The third-order valence-electron chi connectivity index (χ3n) is 5.36. The normalized spacial score (nSPS) is 17.1. The zero-order chi connectivity index (χ0) is 20.7. The molecule has 1 aliphatic rings. The Morgan fingerprint density at radius 1 is 1.14 bits per heavy atom. The van der Waals surface area contributed by atoms with Gasteiger partial charge in [-0.3, -0.25) is 14.4 Å². The fraction of sp³-hybridized carbons (Fsp3) is 0.591. The largest absolute Gasteiger partial charge is 0.347 e. The minimum Gasteiger partial charge on any atom is -0.347 e. The van der Waals surface area contributed by atoms with Crippen LogP contribution < -0.4 is 10.6 Å². The maximum absolute atomic E-state index is 12.6. The molecule has 1 atom stereocenters. The number of piperidine rings is 1. The fourth-order valence-corrected chi connectivity index (χ4v) is 3.21. The molecule has 1 saturated heterocycles. The molecule has 154 valence electrons. The number of hydrogen-bond acceptors (Lipinski definition) is 3. The highest BCUT2D eigenvalue weighted by atomic mass is 16.2. The van der Waals surface area contributed by atoms with Crippen molar-refractivity contribution in [1.29, 1.82) is 0 Å². The molecule has 1 aromatic rings. The molecule has 0 aliphatic carbocycles. The lowest BCUT2D eigenvalue weighted by Crippen LogP contribution is -2.43. The van der Waals surface area contributed by atoms with Crippen LogP contribution in [0.15, 0.2) is 24.3 Å². The van der Waals surface area contributed by atoms with E-state index in [-0.39, 0.29) is 29.2 Å². The average Bonchev–Trinajstić information content (AvgIpc) is 2.68. The highest BCUT2D eigenvalue weighted by Gasteiger charge is 2.28. The predicted molar refractivity (Wildman–Crippen MR) is 111 cm³/mol. The Morgan fingerprint density at radius 3 is 2.43 bits per heavy atom. The van der Waals surface area contributed by atoms with Gasteiger partial charge in [-0.25, -0.2) is 0 Å². The second kappa shape index (κ2) is 9.71. The van der Waals surface area contributed by atoms with Crippen LogP contribution in [0.3, 0.4) is 0 Å². The summed E-state index contributed by atoms with van der Waals surface area (Å²) in [6.07, 6.45) is 3.83. The molecule has 2 N–H and O–H groups in total. The lowest BCUT2D eigenvalue weighted by Gasteiger charge is -2.32. The summed E-state index contributed by atoms with van der Waals surface area (Å²) in [5.41, 5.74) is 0.966. The monoisotopic (exact) mass is 387 g/mol. The first kappa shape index (κ1) is 21.9. The summed E-state index contributed by atoms with van der Waals surface area (Å²) in [6, 6.07) is 6.92. The van der Waals surface area contributed by atoms with Gasteiger partial charge in [0.1, 0.15) is 0 Å². The first-order valence-electron chi connectivity index (χ1n) is 10.3. The molecular formula is C22H33N3O3. The Morgan fingerprint density at radius 2 is 1.82 bits per heavy atom. The third kappa shape index (κ3) is 6.08. The highest BCUT2D eigenvalue weighted by molar-refractivity contribution is 5.96. The van der Waals surface area contributed by atoms with Crippen LogP contribution >= 0.6 is 0 Å². The molecule has 0 radical (unpaired) electrons. The van der Waals surface area contributed by atoms with Gasteiger partial charge in [0.2, 0.25) is 11.8 Å². The Hall–Kier alpha value is -2.37. The minimum atomic E-state index is -0.258. The topological polar surface area (TPSA) is 78.5 Å². The molecule has 1 aromatic carbocycles. The van der Waals surface area contributed by atoms with Crippen LogP contribution in [0, 0.1) is 5.92 Å². The van der Waals surface area contributed by atoms with Gasteiger partial charge in [0.25, 0.3) is 5.91 Å². The van der Waals surface area contributed by atoms with Gasteiger partial charge in [0.05, 0.1) is 5.92 Å². The van der Waals surface area contributed by atoms with Crippen molar-refractivity contribution in [3.8, 4) is 0 Å². The second-order valence-corrected chi connectivity index (χ2v) is 8.19. The molecule has 1 fully saturated rings. The molecular weight excluding hydrogens is 354 g/mol. The Balaban J connectivity index is 1.93. The maximum Gasteiger partial charge on any atom is 0.251 e. The van der Waals surface area contributed by atoms with Crippen LogP contribution in [0.1, 0.15) is 70.2 Å². The van der Waals surface area contributed by atoms with Crippen molar-refractivity contribution in [3.05, 3.63) is 29.8 Å². The van der Waals surface area contributed by atoms with E-state index in [9.17, 15) is 14.4 Å². The van der Waals surface area contributed by atoms with Gasteiger partial charge in [-0.2, -0.15) is 0 Å². The third-order valence-corrected chi connectivity index (χ3v) is 5.36. The Labute approximate surface area is 168 Å². The number of nitrogens with one attached hydrogen (secondary N) is 2. The lowest BCUT2D eigenvalue weighted by atomic mass is 9.96. The zero-order valence-electron chi connectivity index (χ0n) is 17.5. The fourth-order valence-electron chi connectivity index (χ4n) is 3.21. The lowest BCUT2D eigenvalue weighted by molar-refractivity contribution is -0.134. The standard InChI is InChI=1S/C22H33N3O3/c1-5-8-19(26)25-14-7-9-17(15-25)20(27)23-18-12-10-16(11-13-18)21(28)24-22(3,4)6-2/h10-13,17H,5-9,14-15H2,1-4H3,(H,23,27)(H,24,28). The van der Waals surface area contributed by atoms with E-state index >= 15 is 0 Å². The van der Waals surface area contributed by atoms with E-state index in [1.54, 1.807) is 29.2 Å². The summed E-state index contributed by atoms with van der Waals surface area (Å²) in [6.45, 7) is 9.20. The van der Waals surface area contributed by atoms with Crippen LogP contribution in [0.4, 0.5) is 5.69 Å². The van der Waals surface area contributed by atoms with Crippen molar-refractivity contribution >= 4 is 23.4 Å². The number of rotatable bonds is 7. The van der Waals surface area contributed by atoms with E-state index in [4.69, 9.17) is 0 Å². The number of anilines is 1. The minimum absolute atomic E-state index is 0.0710. The van der Waals surface area contributed by atoms with Crippen LogP contribution in [0.5, 0.6) is 0 Å². The number of hydrogen-bond donors (Lipinski definition) is 2. The highest BCUT2D eigenvalue weighted by Crippen LogP contribution is 2.20. The predicted octanol–water partition coefficient (Wildman–Crippen LogP) is 3.58. The SMILES string of the molecule is CCCC(=O)N1CCCC(C(=O)Nc2ccc(C(=O)NC(C)(C)CC)cc2)C1.